The van der Waals surface area contributed by atoms with E-state index in [1.54, 1.807) is 35.2 Å². The summed E-state index contributed by atoms with van der Waals surface area (Å²) in [6.45, 7) is 11.9. The Morgan fingerprint density at radius 1 is 0.972 bits per heavy atom. The van der Waals surface area contributed by atoms with Crippen LogP contribution in [0.25, 0.3) is 22.0 Å². The fraction of sp³-hybridized carbons (Fsp3) is 0.321. The molecular weight excluding hydrogens is 457 g/mol. The number of anilines is 2. The largest absolute Gasteiger partial charge is 0.491 e. The summed E-state index contributed by atoms with van der Waals surface area (Å²) in [5.74, 6) is 1.46. The molecule has 0 aliphatic heterocycles. The molecule has 0 fully saturated rings. The van der Waals surface area contributed by atoms with E-state index in [9.17, 15) is 9.18 Å². The molecule has 188 valence electrons. The van der Waals surface area contributed by atoms with Crippen LogP contribution in [0.2, 0.25) is 0 Å². The molecule has 7 nitrogen and oxygen atoms in total. The van der Waals surface area contributed by atoms with Crippen LogP contribution in [0.4, 0.5) is 16.0 Å². The zero-order valence-electron chi connectivity index (χ0n) is 21.2. The Morgan fingerprint density at radius 3 is 2.42 bits per heavy atom. The van der Waals surface area contributed by atoms with Crippen molar-refractivity contribution in [2.75, 3.05) is 31.6 Å². The molecule has 1 N–H and O–H groups in total. The molecule has 3 aromatic heterocycles. The summed E-state index contributed by atoms with van der Waals surface area (Å²) in [6.07, 6.45) is 3.36. The highest BCUT2D eigenvalue weighted by Crippen LogP contribution is 2.26. The van der Waals surface area contributed by atoms with E-state index in [1.165, 1.54) is 6.07 Å². The monoisotopic (exact) mass is 489 g/mol. The molecule has 1 aromatic carbocycles. The summed E-state index contributed by atoms with van der Waals surface area (Å²) in [6, 6.07) is 12.1. The van der Waals surface area contributed by atoms with Gasteiger partial charge in [0.15, 0.2) is 0 Å². The minimum absolute atomic E-state index is 0.241. The van der Waals surface area contributed by atoms with Crippen molar-refractivity contribution in [1.29, 1.82) is 0 Å². The Labute approximate surface area is 210 Å². The van der Waals surface area contributed by atoms with E-state index in [0.717, 1.165) is 30.6 Å². The van der Waals surface area contributed by atoms with Gasteiger partial charge in [-0.25, -0.2) is 14.4 Å². The van der Waals surface area contributed by atoms with Crippen LogP contribution in [0.1, 0.15) is 26.3 Å². The summed E-state index contributed by atoms with van der Waals surface area (Å²) in [4.78, 5) is 24.5. The molecule has 0 atom stereocenters. The summed E-state index contributed by atoms with van der Waals surface area (Å²) in [5.41, 5.74) is 1.89. The Bertz CT molecular complexity index is 1400. The van der Waals surface area contributed by atoms with E-state index in [4.69, 9.17) is 4.74 Å². The number of aryl methyl sites for hydroxylation is 2. The summed E-state index contributed by atoms with van der Waals surface area (Å²) >= 11 is 0. The van der Waals surface area contributed by atoms with Crippen molar-refractivity contribution in [2.45, 2.75) is 34.2 Å². The molecule has 8 heteroatoms. The van der Waals surface area contributed by atoms with Gasteiger partial charge in [-0.1, -0.05) is 26.0 Å². The minimum Gasteiger partial charge on any atom is -0.491 e. The topological polar surface area (TPSA) is 72.3 Å². The van der Waals surface area contributed by atoms with Crippen LogP contribution in [0, 0.1) is 12.7 Å². The van der Waals surface area contributed by atoms with E-state index >= 15 is 0 Å². The summed E-state index contributed by atoms with van der Waals surface area (Å²) < 4.78 is 22.1. The highest BCUT2D eigenvalue weighted by atomic mass is 19.1. The van der Waals surface area contributed by atoms with Crippen LogP contribution >= 0.6 is 0 Å². The molecule has 36 heavy (non-hydrogen) atoms. The van der Waals surface area contributed by atoms with E-state index in [2.05, 4.69) is 34.0 Å². The second kappa shape index (κ2) is 11.3. The molecule has 4 aromatic rings. The summed E-state index contributed by atoms with van der Waals surface area (Å²) in [7, 11) is 0. The fourth-order valence-corrected chi connectivity index (χ4v) is 4.19. The average molecular weight is 490 g/mol. The molecule has 0 unspecified atom stereocenters. The first-order valence-corrected chi connectivity index (χ1v) is 12.3. The van der Waals surface area contributed by atoms with Crippen molar-refractivity contribution in [3.8, 4) is 16.9 Å². The number of pyridine rings is 3. The number of aromatic nitrogens is 3. The van der Waals surface area contributed by atoms with Gasteiger partial charge in [0.2, 0.25) is 0 Å². The fourth-order valence-electron chi connectivity index (χ4n) is 4.19. The summed E-state index contributed by atoms with van der Waals surface area (Å²) in [5, 5.41) is 3.94. The molecule has 0 aliphatic rings. The SMILES string of the molecule is CCN(CC)CCOc1ccc(Nc2cc3c(cn2)cc(-c2ccc(C)cc2F)c(=O)n3CC)nc1. The van der Waals surface area contributed by atoms with Gasteiger partial charge in [-0.15, -0.1) is 0 Å². The number of nitrogens with one attached hydrogen (secondary N) is 1. The third-order valence-corrected chi connectivity index (χ3v) is 6.27. The normalized spacial score (nSPS) is 11.3. The van der Waals surface area contributed by atoms with Crippen LogP contribution in [0.5, 0.6) is 5.75 Å². The van der Waals surface area contributed by atoms with Crippen molar-refractivity contribution in [1.82, 2.24) is 19.4 Å². The molecule has 0 saturated heterocycles. The predicted molar refractivity (Wildman–Crippen MR) is 143 cm³/mol. The van der Waals surface area contributed by atoms with E-state index in [-0.39, 0.29) is 5.56 Å². The second-order valence-electron chi connectivity index (χ2n) is 8.60. The zero-order valence-corrected chi connectivity index (χ0v) is 21.2. The first-order valence-electron chi connectivity index (χ1n) is 12.3. The smallest absolute Gasteiger partial charge is 0.259 e. The van der Waals surface area contributed by atoms with Gasteiger partial charge in [0, 0.05) is 36.3 Å². The number of hydrogen-bond acceptors (Lipinski definition) is 6. The Kier molecular flexibility index (Phi) is 7.95. The number of ether oxygens (including phenoxy) is 1. The standard InChI is InChI=1S/C28H32FN5O2/c1-5-33(6-2)12-13-36-21-9-11-26(31-18-21)32-27-16-25-20(17-30-27)15-23(28(35)34(25)7-3)22-10-8-19(4)14-24(22)29/h8-11,14-18H,5-7,12-13H2,1-4H3,(H,30,31,32). The number of rotatable bonds is 10. The molecule has 0 amide bonds. The quantitative estimate of drug-likeness (QED) is 0.322. The molecule has 0 radical (unpaired) electrons. The van der Waals surface area contributed by atoms with Crippen LogP contribution in [-0.2, 0) is 6.54 Å². The Balaban J connectivity index is 1.55. The lowest BCUT2D eigenvalue weighted by Gasteiger charge is -2.18. The number of nitrogens with zero attached hydrogens (tertiary/aromatic N) is 4. The molecule has 0 aliphatic carbocycles. The van der Waals surface area contributed by atoms with Crippen LogP contribution < -0.4 is 15.6 Å². The number of likely N-dealkylation sites (N-methyl/N-ethyl adjacent to an activating group) is 1. The van der Waals surface area contributed by atoms with Gasteiger partial charge in [-0.05, 0) is 56.8 Å². The van der Waals surface area contributed by atoms with Crippen molar-refractivity contribution in [3.05, 3.63) is 76.6 Å². The highest BCUT2D eigenvalue weighted by molar-refractivity contribution is 5.85. The van der Waals surface area contributed by atoms with Crippen molar-refractivity contribution < 1.29 is 9.13 Å². The van der Waals surface area contributed by atoms with Gasteiger partial charge in [-0.2, -0.15) is 0 Å². The van der Waals surface area contributed by atoms with Crippen molar-refractivity contribution >= 4 is 22.5 Å². The molecular formula is C28H32FN5O2. The first-order chi connectivity index (χ1) is 17.4. The van der Waals surface area contributed by atoms with Crippen LogP contribution in [0.3, 0.4) is 0 Å². The van der Waals surface area contributed by atoms with Gasteiger partial charge in [-0.3, -0.25) is 4.79 Å². The van der Waals surface area contributed by atoms with Gasteiger partial charge in [0.05, 0.1) is 17.3 Å². The Hall–Kier alpha value is -3.78. The van der Waals surface area contributed by atoms with Gasteiger partial charge >= 0.3 is 0 Å². The van der Waals surface area contributed by atoms with Gasteiger partial charge in [0.25, 0.3) is 5.56 Å². The predicted octanol–water partition coefficient (Wildman–Crippen LogP) is 5.39. The molecule has 3 heterocycles. The van der Waals surface area contributed by atoms with Gasteiger partial charge < -0.3 is 19.5 Å². The van der Waals surface area contributed by atoms with Gasteiger partial charge in [0.1, 0.15) is 29.8 Å². The first kappa shape index (κ1) is 25.3. The lowest BCUT2D eigenvalue weighted by Crippen LogP contribution is -2.27. The van der Waals surface area contributed by atoms with E-state index < -0.39 is 5.82 Å². The highest BCUT2D eigenvalue weighted by Gasteiger charge is 2.15. The Morgan fingerprint density at radius 2 is 1.75 bits per heavy atom. The lowest BCUT2D eigenvalue weighted by atomic mass is 10.0. The van der Waals surface area contributed by atoms with Crippen LogP contribution in [-0.4, -0.2) is 45.7 Å². The molecule has 4 rings (SSSR count). The van der Waals surface area contributed by atoms with E-state index in [0.29, 0.717) is 47.2 Å². The molecule has 0 saturated carbocycles. The van der Waals surface area contributed by atoms with Crippen molar-refractivity contribution in [3.63, 3.8) is 0 Å². The number of benzene rings is 1. The number of halogens is 1. The van der Waals surface area contributed by atoms with Crippen molar-refractivity contribution in [2.24, 2.45) is 0 Å². The second-order valence-corrected chi connectivity index (χ2v) is 8.60. The maximum Gasteiger partial charge on any atom is 0.259 e. The number of fused-ring (bicyclic) bond motifs is 1. The molecule has 0 spiro atoms. The maximum absolute atomic E-state index is 14.6. The third kappa shape index (κ3) is 5.54. The maximum atomic E-state index is 14.6. The van der Waals surface area contributed by atoms with E-state index in [1.807, 2.05) is 32.0 Å². The zero-order chi connectivity index (χ0) is 25.7. The number of hydrogen-bond donors (Lipinski definition) is 1. The lowest BCUT2D eigenvalue weighted by molar-refractivity contribution is 0.222. The molecule has 0 bridgehead atoms. The van der Waals surface area contributed by atoms with Crippen LogP contribution in [0.15, 0.2) is 59.7 Å². The average Bonchev–Trinajstić information content (AvgIpc) is 2.88. The minimum atomic E-state index is -0.410. The third-order valence-electron chi connectivity index (χ3n) is 6.27.